The number of benzene rings is 1. The Balaban J connectivity index is 2.87. The lowest BCUT2D eigenvalue weighted by atomic mass is 10.2. The summed E-state index contributed by atoms with van der Waals surface area (Å²) in [7, 11) is 1.48. The summed E-state index contributed by atoms with van der Waals surface area (Å²) >= 11 is 5.78. The van der Waals surface area contributed by atoms with Gasteiger partial charge in [-0.1, -0.05) is 17.7 Å². The molecule has 0 atom stereocenters. The van der Waals surface area contributed by atoms with E-state index in [-0.39, 0.29) is 10.7 Å². The molecule has 100 valence electrons. The summed E-state index contributed by atoms with van der Waals surface area (Å²) in [4.78, 5) is 26.6. The van der Waals surface area contributed by atoms with Crippen LogP contribution in [0.1, 0.15) is 11.1 Å². The average Bonchev–Trinajstić information content (AvgIpc) is 2.36. The molecule has 0 aliphatic rings. The molecule has 5 nitrogen and oxygen atoms in total. The number of nitrogens with zero attached hydrogens (tertiary/aromatic N) is 1. The molecule has 0 bridgehead atoms. The maximum atomic E-state index is 12.2. The second-order valence-electron chi connectivity index (χ2n) is 4.19. The molecule has 0 saturated carbocycles. The van der Waals surface area contributed by atoms with E-state index >= 15 is 0 Å². The van der Waals surface area contributed by atoms with Gasteiger partial charge in [0.15, 0.2) is 0 Å². The first-order chi connectivity index (χ1) is 8.95. The first-order valence-corrected chi connectivity index (χ1v) is 6.00. The molecule has 1 heterocycles. The van der Waals surface area contributed by atoms with E-state index < -0.39 is 11.2 Å². The Kier molecular flexibility index (Phi) is 3.48. The largest absolute Gasteiger partial charge is 0.495 e. The van der Waals surface area contributed by atoms with Crippen LogP contribution in [0.5, 0.6) is 5.75 Å². The number of nitrogens with one attached hydrogen (secondary N) is 1. The molecular formula is C13H13ClN2O3. The van der Waals surface area contributed by atoms with E-state index in [4.69, 9.17) is 16.3 Å². The van der Waals surface area contributed by atoms with E-state index in [9.17, 15) is 9.59 Å². The summed E-state index contributed by atoms with van der Waals surface area (Å²) in [5, 5.41) is 0.0536. The minimum atomic E-state index is -0.593. The van der Waals surface area contributed by atoms with Gasteiger partial charge < -0.3 is 4.74 Å². The molecule has 0 radical (unpaired) electrons. The van der Waals surface area contributed by atoms with Crippen molar-refractivity contribution in [3.05, 3.63) is 55.3 Å². The number of aromatic amines is 1. The van der Waals surface area contributed by atoms with E-state index in [2.05, 4.69) is 4.98 Å². The van der Waals surface area contributed by atoms with Crippen LogP contribution >= 0.6 is 11.6 Å². The van der Waals surface area contributed by atoms with Crippen LogP contribution in [-0.4, -0.2) is 16.7 Å². The summed E-state index contributed by atoms with van der Waals surface area (Å²) in [5.74, 6) is 0.444. The Morgan fingerprint density at radius 2 is 1.95 bits per heavy atom. The van der Waals surface area contributed by atoms with Crippen molar-refractivity contribution in [1.29, 1.82) is 0 Å². The Hall–Kier alpha value is -2.01. The number of aryl methyl sites for hydroxylation is 1. The van der Waals surface area contributed by atoms with E-state index in [1.807, 2.05) is 13.0 Å². The predicted molar refractivity (Wildman–Crippen MR) is 73.7 cm³/mol. The van der Waals surface area contributed by atoms with Gasteiger partial charge in [0.1, 0.15) is 10.9 Å². The maximum Gasteiger partial charge on any atom is 0.334 e. The van der Waals surface area contributed by atoms with Gasteiger partial charge in [0.25, 0.3) is 5.56 Å². The van der Waals surface area contributed by atoms with Crippen molar-refractivity contribution in [2.24, 2.45) is 0 Å². The van der Waals surface area contributed by atoms with Gasteiger partial charge in [0.05, 0.1) is 18.4 Å². The number of hydrogen-bond donors (Lipinski definition) is 1. The molecule has 0 unspecified atom stereocenters. The Bertz CT molecular complexity index is 747. The molecule has 0 amide bonds. The highest BCUT2D eigenvalue weighted by Gasteiger charge is 2.14. The highest BCUT2D eigenvalue weighted by molar-refractivity contribution is 6.30. The summed E-state index contributed by atoms with van der Waals surface area (Å²) < 4.78 is 6.21. The lowest BCUT2D eigenvalue weighted by Crippen LogP contribution is -2.35. The summed E-state index contributed by atoms with van der Waals surface area (Å²) in [5.41, 5.74) is 0.537. The van der Waals surface area contributed by atoms with Gasteiger partial charge in [-0.2, -0.15) is 0 Å². The number of hydrogen-bond acceptors (Lipinski definition) is 3. The van der Waals surface area contributed by atoms with Crippen LogP contribution in [0.2, 0.25) is 5.15 Å². The molecule has 1 N–H and O–H groups in total. The standard InChI is InChI=1S/C13H13ClN2O3/c1-7-4-5-10(19-3)9(6-7)16-12(17)8(2)11(14)15-13(16)18/h4-6H,1-3H3,(H,15,18). The SMILES string of the molecule is COc1ccc(C)cc1-n1c(=O)[nH]c(Cl)c(C)c1=O. The van der Waals surface area contributed by atoms with E-state index in [1.165, 1.54) is 7.11 Å². The fourth-order valence-electron chi connectivity index (χ4n) is 1.79. The van der Waals surface area contributed by atoms with Crippen LogP contribution < -0.4 is 16.0 Å². The van der Waals surface area contributed by atoms with Crippen molar-refractivity contribution in [2.45, 2.75) is 13.8 Å². The lowest BCUT2D eigenvalue weighted by molar-refractivity contribution is 0.412. The lowest BCUT2D eigenvalue weighted by Gasteiger charge is -2.11. The number of ether oxygens (including phenoxy) is 1. The smallest absolute Gasteiger partial charge is 0.334 e. The van der Waals surface area contributed by atoms with Crippen molar-refractivity contribution in [3.8, 4) is 11.4 Å². The fraction of sp³-hybridized carbons (Fsp3) is 0.231. The van der Waals surface area contributed by atoms with Crippen molar-refractivity contribution in [3.63, 3.8) is 0 Å². The van der Waals surface area contributed by atoms with Crippen molar-refractivity contribution in [2.75, 3.05) is 7.11 Å². The van der Waals surface area contributed by atoms with Crippen LogP contribution in [0.25, 0.3) is 5.69 Å². The van der Waals surface area contributed by atoms with Gasteiger partial charge in [-0.25, -0.2) is 9.36 Å². The van der Waals surface area contributed by atoms with Gasteiger partial charge in [-0.3, -0.25) is 9.78 Å². The number of methoxy groups -OCH3 is 1. The Labute approximate surface area is 114 Å². The topological polar surface area (TPSA) is 64.1 Å². The highest BCUT2D eigenvalue weighted by Crippen LogP contribution is 2.21. The summed E-state index contributed by atoms with van der Waals surface area (Å²) in [6.07, 6.45) is 0. The highest BCUT2D eigenvalue weighted by atomic mass is 35.5. The van der Waals surface area contributed by atoms with Crippen molar-refractivity contribution >= 4 is 11.6 Å². The zero-order chi connectivity index (χ0) is 14.2. The second kappa shape index (κ2) is 4.93. The Morgan fingerprint density at radius 1 is 1.26 bits per heavy atom. The molecule has 19 heavy (non-hydrogen) atoms. The fourth-order valence-corrected chi connectivity index (χ4v) is 1.95. The summed E-state index contributed by atoms with van der Waals surface area (Å²) in [6, 6.07) is 5.26. The first kappa shape index (κ1) is 13.4. The number of halogens is 1. The zero-order valence-electron chi connectivity index (χ0n) is 10.8. The maximum absolute atomic E-state index is 12.2. The molecule has 2 aromatic rings. The second-order valence-corrected chi connectivity index (χ2v) is 4.56. The van der Waals surface area contributed by atoms with E-state index in [0.29, 0.717) is 11.4 Å². The van der Waals surface area contributed by atoms with Gasteiger partial charge in [0.2, 0.25) is 0 Å². The number of aromatic nitrogens is 2. The summed E-state index contributed by atoms with van der Waals surface area (Å²) in [6.45, 7) is 3.42. The minimum absolute atomic E-state index is 0.0536. The van der Waals surface area contributed by atoms with Crippen LogP contribution in [0.3, 0.4) is 0 Å². The van der Waals surface area contributed by atoms with Crippen molar-refractivity contribution < 1.29 is 4.74 Å². The number of rotatable bonds is 2. The monoisotopic (exact) mass is 280 g/mol. The van der Waals surface area contributed by atoms with Crippen LogP contribution in [-0.2, 0) is 0 Å². The predicted octanol–water partition coefficient (Wildman–Crippen LogP) is 1.80. The van der Waals surface area contributed by atoms with Gasteiger partial charge >= 0.3 is 5.69 Å². The molecule has 0 spiro atoms. The van der Waals surface area contributed by atoms with E-state index in [1.54, 1.807) is 19.1 Å². The zero-order valence-corrected chi connectivity index (χ0v) is 11.5. The molecule has 2 rings (SSSR count). The minimum Gasteiger partial charge on any atom is -0.495 e. The normalized spacial score (nSPS) is 10.5. The van der Waals surface area contributed by atoms with Crippen molar-refractivity contribution in [1.82, 2.24) is 9.55 Å². The average molecular weight is 281 g/mol. The van der Waals surface area contributed by atoms with Crippen LogP contribution in [0.15, 0.2) is 27.8 Å². The molecule has 1 aromatic heterocycles. The molecule has 1 aromatic carbocycles. The van der Waals surface area contributed by atoms with Crippen LogP contribution in [0.4, 0.5) is 0 Å². The van der Waals surface area contributed by atoms with Gasteiger partial charge in [0, 0.05) is 0 Å². The molecule has 0 aliphatic heterocycles. The molecule has 0 fully saturated rings. The quantitative estimate of drug-likeness (QED) is 0.853. The molecule has 0 saturated heterocycles. The third-order valence-electron chi connectivity index (χ3n) is 2.85. The molecular weight excluding hydrogens is 268 g/mol. The first-order valence-electron chi connectivity index (χ1n) is 5.62. The third kappa shape index (κ3) is 2.29. The van der Waals surface area contributed by atoms with Gasteiger partial charge in [-0.15, -0.1) is 0 Å². The van der Waals surface area contributed by atoms with E-state index in [0.717, 1.165) is 10.1 Å². The Morgan fingerprint density at radius 3 is 2.58 bits per heavy atom. The molecule has 6 heteroatoms. The van der Waals surface area contributed by atoms with Gasteiger partial charge in [-0.05, 0) is 31.5 Å². The number of H-pyrrole nitrogens is 1. The third-order valence-corrected chi connectivity index (χ3v) is 3.23. The molecule has 0 aliphatic carbocycles. The van der Waals surface area contributed by atoms with Crippen LogP contribution in [0, 0.1) is 13.8 Å².